The topological polar surface area (TPSA) is 58.2 Å². The molecule has 0 saturated heterocycles. The van der Waals surface area contributed by atoms with Crippen LogP contribution in [-0.2, 0) is 16.4 Å². The Labute approximate surface area is 139 Å². The van der Waals surface area contributed by atoms with Gasteiger partial charge in [-0.25, -0.2) is 8.42 Å². The van der Waals surface area contributed by atoms with Crippen molar-refractivity contribution in [2.45, 2.75) is 24.3 Å². The van der Waals surface area contributed by atoms with Crippen LogP contribution in [0.25, 0.3) is 0 Å². The van der Waals surface area contributed by atoms with Gasteiger partial charge in [-0.1, -0.05) is 23.2 Å². The molecule has 2 aromatic rings. The molecule has 2 aromatic carbocycles. The van der Waals surface area contributed by atoms with Crippen molar-refractivity contribution in [1.29, 1.82) is 0 Å². The predicted molar refractivity (Wildman–Crippen MR) is 90.5 cm³/mol. The molecule has 0 spiro atoms. The van der Waals surface area contributed by atoms with E-state index < -0.39 is 10.0 Å². The van der Waals surface area contributed by atoms with Crippen LogP contribution >= 0.6 is 23.2 Å². The Hall–Kier alpha value is -1.43. The monoisotopic (exact) mass is 356 g/mol. The Morgan fingerprint density at radius 1 is 1.18 bits per heavy atom. The largest absolute Gasteiger partial charge is 0.382 e. The lowest BCUT2D eigenvalue weighted by Crippen LogP contribution is -2.13. The van der Waals surface area contributed by atoms with Crippen molar-refractivity contribution in [2.75, 3.05) is 10.0 Å². The number of anilines is 2. The van der Waals surface area contributed by atoms with E-state index in [0.717, 1.165) is 17.7 Å². The van der Waals surface area contributed by atoms with Crippen LogP contribution in [0.2, 0.25) is 10.0 Å². The van der Waals surface area contributed by atoms with Crippen LogP contribution in [0.1, 0.15) is 12.5 Å². The van der Waals surface area contributed by atoms with Crippen LogP contribution in [0.3, 0.4) is 0 Å². The third kappa shape index (κ3) is 3.02. The molecule has 2 N–H and O–H groups in total. The van der Waals surface area contributed by atoms with E-state index in [1.165, 1.54) is 6.07 Å². The molecule has 116 valence electrons. The maximum absolute atomic E-state index is 12.5. The lowest BCUT2D eigenvalue weighted by atomic mass is 10.1. The van der Waals surface area contributed by atoms with Gasteiger partial charge < -0.3 is 5.32 Å². The zero-order valence-electron chi connectivity index (χ0n) is 11.7. The molecule has 4 nitrogen and oxygen atoms in total. The number of fused-ring (bicyclic) bond motifs is 1. The quantitative estimate of drug-likeness (QED) is 0.868. The summed E-state index contributed by atoms with van der Waals surface area (Å²) >= 11 is 11.8. The van der Waals surface area contributed by atoms with Gasteiger partial charge in [0.2, 0.25) is 0 Å². The molecule has 0 saturated carbocycles. The van der Waals surface area contributed by atoms with E-state index in [-0.39, 0.29) is 9.92 Å². The summed E-state index contributed by atoms with van der Waals surface area (Å²) < 4.78 is 27.5. The normalized spacial score (nSPS) is 17.0. The molecular weight excluding hydrogens is 343 g/mol. The molecule has 0 aliphatic carbocycles. The second kappa shape index (κ2) is 5.65. The van der Waals surface area contributed by atoms with E-state index in [0.29, 0.717) is 16.8 Å². The standard InChI is InChI=1S/C15H14Cl2N2O2S/c1-9-6-10-7-12(3-5-14(10)18-9)22(20,21)19-15-4-2-11(16)8-13(15)17/h2-5,7-9,18-19H,6H2,1H3. The molecule has 1 unspecified atom stereocenters. The molecule has 1 aliphatic rings. The summed E-state index contributed by atoms with van der Waals surface area (Å²) in [7, 11) is -3.69. The maximum atomic E-state index is 12.5. The molecule has 0 amide bonds. The van der Waals surface area contributed by atoms with Gasteiger partial charge in [-0.3, -0.25) is 4.72 Å². The summed E-state index contributed by atoms with van der Waals surface area (Å²) in [6.07, 6.45) is 0.806. The van der Waals surface area contributed by atoms with Crippen molar-refractivity contribution in [2.24, 2.45) is 0 Å². The minimum Gasteiger partial charge on any atom is -0.382 e. The molecule has 1 aliphatic heterocycles. The van der Waals surface area contributed by atoms with Gasteiger partial charge >= 0.3 is 0 Å². The van der Waals surface area contributed by atoms with Crippen molar-refractivity contribution < 1.29 is 8.42 Å². The number of hydrogen-bond donors (Lipinski definition) is 2. The SMILES string of the molecule is CC1Cc2cc(S(=O)(=O)Nc3ccc(Cl)cc3Cl)ccc2N1. The Bertz CT molecular complexity index is 837. The van der Waals surface area contributed by atoms with Crippen LogP contribution in [0.4, 0.5) is 11.4 Å². The van der Waals surface area contributed by atoms with Crippen LogP contribution < -0.4 is 10.0 Å². The molecule has 0 fully saturated rings. The van der Waals surface area contributed by atoms with Crippen molar-refractivity contribution in [3.8, 4) is 0 Å². The van der Waals surface area contributed by atoms with Crippen molar-refractivity contribution in [1.82, 2.24) is 0 Å². The predicted octanol–water partition coefficient (Wildman–Crippen LogP) is 4.15. The lowest BCUT2D eigenvalue weighted by Gasteiger charge is -2.11. The zero-order chi connectivity index (χ0) is 15.9. The lowest BCUT2D eigenvalue weighted by molar-refractivity contribution is 0.601. The molecule has 1 heterocycles. The van der Waals surface area contributed by atoms with Crippen molar-refractivity contribution >= 4 is 44.6 Å². The van der Waals surface area contributed by atoms with Crippen LogP contribution in [0.5, 0.6) is 0 Å². The molecule has 1 atom stereocenters. The van der Waals surface area contributed by atoms with Crippen LogP contribution in [-0.4, -0.2) is 14.5 Å². The van der Waals surface area contributed by atoms with Gasteiger partial charge in [0, 0.05) is 16.8 Å². The number of benzene rings is 2. The Balaban J connectivity index is 1.92. The Kier molecular flexibility index (Phi) is 3.97. The van der Waals surface area contributed by atoms with Gasteiger partial charge in [0.1, 0.15) is 0 Å². The smallest absolute Gasteiger partial charge is 0.261 e. The fraction of sp³-hybridized carbons (Fsp3) is 0.200. The fourth-order valence-corrected chi connectivity index (χ4v) is 4.11. The van der Waals surface area contributed by atoms with E-state index in [1.54, 1.807) is 30.3 Å². The summed E-state index contributed by atoms with van der Waals surface area (Å²) in [5, 5.41) is 4.00. The number of halogens is 2. The number of hydrogen-bond acceptors (Lipinski definition) is 3. The second-order valence-electron chi connectivity index (χ2n) is 5.30. The van der Waals surface area contributed by atoms with Crippen molar-refractivity contribution in [3.05, 3.63) is 52.0 Å². The van der Waals surface area contributed by atoms with Crippen LogP contribution in [0, 0.1) is 0 Å². The zero-order valence-corrected chi connectivity index (χ0v) is 14.1. The number of sulfonamides is 1. The molecule has 0 radical (unpaired) electrons. The summed E-state index contributed by atoms with van der Waals surface area (Å²) in [4.78, 5) is 0.216. The molecular formula is C15H14Cl2N2O2S. The summed E-state index contributed by atoms with van der Waals surface area (Å²) in [5.74, 6) is 0. The Morgan fingerprint density at radius 3 is 2.68 bits per heavy atom. The van der Waals surface area contributed by atoms with E-state index >= 15 is 0 Å². The number of rotatable bonds is 3. The first-order valence-electron chi connectivity index (χ1n) is 6.72. The first-order chi connectivity index (χ1) is 10.3. The minimum atomic E-state index is -3.69. The highest BCUT2D eigenvalue weighted by Crippen LogP contribution is 2.31. The van der Waals surface area contributed by atoms with Crippen LogP contribution in [0.15, 0.2) is 41.3 Å². The van der Waals surface area contributed by atoms with Crippen molar-refractivity contribution in [3.63, 3.8) is 0 Å². The highest BCUT2D eigenvalue weighted by Gasteiger charge is 2.21. The molecule has 0 bridgehead atoms. The van der Waals surface area contributed by atoms with Gasteiger partial charge in [0.05, 0.1) is 15.6 Å². The third-order valence-corrected chi connectivity index (χ3v) is 5.40. The summed E-state index contributed by atoms with van der Waals surface area (Å²) in [6.45, 7) is 2.06. The first kappa shape index (κ1) is 15.5. The average molecular weight is 357 g/mol. The average Bonchev–Trinajstić information content (AvgIpc) is 2.81. The maximum Gasteiger partial charge on any atom is 0.261 e. The second-order valence-corrected chi connectivity index (χ2v) is 7.82. The molecule has 0 aromatic heterocycles. The summed E-state index contributed by atoms with van der Waals surface area (Å²) in [5.41, 5.74) is 2.28. The fourth-order valence-electron chi connectivity index (χ4n) is 2.47. The van der Waals surface area contributed by atoms with E-state index in [4.69, 9.17) is 23.2 Å². The van der Waals surface area contributed by atoms with Gasteiger partial charge in [0.25, 0.3) is 10.0 Å². The van der Waals surface area contributed by atoms with E-state index in [9.17, 15) is 8.42 Å². The number of nitrogens with one attached hydrogen (secondary N) is 2. The van der Waals surface area contributed by atoms with Gasteiger partial charge in [0.15, 0.2) is 0 Å². The van der Waals surface area contributed by atoms with Gasteiger partial charge in [-0.15, -0.1) is 0 Å². The summed E-state index contributed by atoms with van der Waals surface area (Å²) in [6, 6.07) is 9.99. The van der Waals surface area contributed by atoms with Gasteiger partial charge in [-0.2, -0.15) is 0 Å². The third-order valence-electron chi connectivity index (χ3n) is 3.49. The molecule has 7 heteroatoms. The minimum absolute atomic E-state index is 0.216. The first-order valence-corrected chi connectivity index (χ1v) is 8.96. The highest BCUT2D eigenvalue weighted by molar-refractivity contribution is 7.92. The van der Waals surface area contributed by atoms with Gasteiger partial charge in [-0.05, 0) is 55.3 Å². The Morgan fingerprint density at radius 2 is 1.95 bits per heavy atom. The van der Waals surface area contributed by atoms with E-state index in [2.05, 4.69) is 17.0 Å². The molecule has 3 rings (SSSR count). The highest BCUT2D eigenvalue weighted by atomic mass is 35.5. The molecule has 22 heavy (non-hydrogen) atoms. The van der Waals surface area contributed by atoms with E-state index in [1.807, 2.05) is 0 Å².